The zero-order valence-corrected chi connectivity index (χ0v) is 12.1. The summed E-state index contributed by atoms with van der Waals surface area (Å²) in [4.78, 5) is 12.0. The van der Waals surface area contributed by atoms with Gasteiger partial charge in [0.05, 0.1) is 0 Å². The van der Waals surface area contributed by atoms with Crippen molar-refractivity contribution in [2.75, 3.05) is 0 Å². The highest BCUT2D eigenvalue weighted by Crippen LogP contribution is 2.38. The zero-order chi connectivity index (χ0) is 13.3. The van der Waals surface area contributed by atoms with Gasteiger partial charge in [-0.2, -0.15) is 0 Å². The fraction of sp³-hybridized carbons (Fsp3) is 0.588. The molecule has 1 aromatic carbocycles. The predicted octanol–water partition coefficient (Wildman–Crippen LogP) is 4.45. The van der Waals surface area contributed by atoms with E-state index in [1.807, 2.05) is 13.8 Å². The van der Waals surface area contributed by atoms with Crippen molar-refractivity contribution in [3.8, 4) is 0 Å². The molecular weight excluding hydrogens is 220 g/mol. The van der Waals surface area contributed by atoms with Gasteiger partial charge in [-0.3, -0.25) is 4.79 Å². The average Bonchev–Trinajstić information content (AvgIpc) is 2.96. The molecule has 0 saturated carbocycles. The number of hydrogen-bond acceptors (Lipinski definition) is 1. The standard InChI is InChI=1S/C15H18O.C2H6/c1-9(2)14-12-5-3-4-10(12)8-11-6-7-13(16)15(11)14;1-2/h8-9H,3-7H2,1-2H3;1-2H3. The van der Waals surface area contributed by atoms with E-state index in [1.54, 1.807) is 0 Å². The maximum absolute atomic E-state index is 12.0. The van der Waals surface area contributed by atoms with E-state index in [4.69, 9.17) is 0 Å². The van der Waals surface area contributed by atoms with Crippen molar-refractivity contribution in [1.29, 1.82) is 0 Å². The van der Waals surface area contributed by atoms with Crippen LogP contribution < -0.4 is 0 Å². The van der Waals surface area contributed by atoms with Gasteiger partial charge in [-0.05, 0) is 53.9 Å². The van der Waals surface area contributed by atoms with Crippen molar-refractivity contribution >= 4 is 5.78 Å². The van der Waals surface area contributed by atoms with Crippen LogP contribution in [0.1, 0.15) is 79.1 Å². The van der Waals surface area contributed by atoms with Crippen LogP contribution in [0.3, 0.4) is 0 Å². The summed E-state index contributed by atoms with van der Waals surface area (Å²) in [7, 11) is 0. The van der Waals surface area contributed by atoms with E-state index in [1.165, 1.54) is 41.5 Å². The summed E-state index contributed by atoms with van der Waals surface area (Å²) in [5, 5.41) is 0. The molecular formula is C17H24O. The summed E-state index contributed by atoms with van der Waals surface area (Å²) in [5.41, 5.74) is 6.83. The van der Waals surface area contributed by atoms with E-state index in [9.17, 15) is 4.79 Å². The number of benzene rings is 1. The molecule has 0 fully saturated rings. The van der Waals surface area contributed by atoms with Crippen LogP contribution in [0.15, 0.2) is 6.07 Å². The predicted molar refractivity (Wildman–Crippen MR) is 76.6 cm³/mol. The maximum atomic E-state index is 12.0. The minimum Gasteiger partial charge on any atom is -0.294 e. The topological polar surface area (TPSA) is 17.1 Å². The van der Waals surface area contributed by atoms with E-state index < -0.39 is 0 Å². The molecule has 0 amide bonds. The Kier molecular flexibility index (Phi) is 3.89. The van der Waals surface area contributed by atoms with Crippen LogP contribution >= 0.6 is 0 Å². The molecule has 0 bridgehead atoms. The van der Waals surface area contributed by atoms with Crippen molar-refractivity contribution in [2.24, 2.45) is 0 Å². The largest absolute Gasteiger partial charge is 0.294 e. The van der Waals surface area contributed by atoms with Gasteiger partial charge in [0.1, 0.15) is 0 Å². The molecule has 0 unspecified atom stereocenters. The molecule has 98 valence electrons. The highest BCUT2D eigenvalue weighted by Gasteiger charge is 2.29. The highest BCUT2D eigenvalue weighted by molar-refractivity contribution is 6.02. The number of carbonyl (C=O) groups excluding carboxylic acids is 1. The molecule has 0 N–H and O–H groups in total. The van der Waals surface area contributed by atoms with Gasteiger partial charge < -0.3 is 0 Å². The highest BCUT2D eigenvalue weighted by atomic mass is 16.1. The van der Waals surface area contributed by atoms with Crippen molar-refractivity contribution in [3.63, 3.8) is 0 Å². The fourth-order valence-electron chi connectivity index (χ4n) is 3.38. The first-order valence-electron chi connectivity index (χ1n) is 7.39. The number of fused-ring (bicyclic) bond motifs is 2. The summed E-state index contributed by atoms with van der Waals surface area (Å²) in [5.74, 6) is 0.872. The molecule has 0 spiro atoms. The van der Waals surface area contributed by atoms with Gasteiger partial charge in [0.2, 0.25) is 0 Å². The summed E-state index contributed by atoms with van der Waals surface area (Å²) in [6.45, 7) is 8.44. The Morgan fingerprint density at radius 2 is 1.72 bits per heavy atom. The van der Waals surface area contributed by atoms with Gasteiger partial charge in [0.25, 0.3) is 0 Å². The van der Waals surface area contributed by atoms with Gasteiger partial charge in [-0.15, -0.1) is 0 Å². The fourth-order valence-corrected chi connectivity index (χ4v) is 3.38. The maximum Gasteiger partial charge on any atom is 0.163 e. The van der Waals surface area contributed by atoms with Crippen LogP contribution in [0.2, 0.25) is 0 Å². The molecule has 0 heterocycles. The first kappa shape index (κ1) is 13.3. The Morgan fingerprint density at radius 1 is 1.00 bits per heavy atom. The lowest BCUT2D eigenvalue weighted by atomic mass is 9.87. The Labute approximate surface area is 111 Å². The lowest BCUT2D eigenvalue weighted by Crippen LogP contribution is -2.06. The lowest BCUT2D eigenvalue weighted by molar-refractivity contribution is 0.0993. The SMILES string of the molecule is CC.CC(C)c1c2c(cc3c1C(=O)CC3)CCC2. The van der Waals surface area contributed by atoms with Crippen LogP contribution in [0.5, 0.6) is 0 Å². The molecule has 0 saturated heterocycles. The van der Waals surface area contributed by atoms with E-state index in [-0.39, 0.29) is 0 Å². The Balaban J connectivity index is 0.000000574. The first-order valence-corrected chi connectivity index (χ1v) is 7.39. The van der Waals surface area contributed by atoms with Crippen molar-refractivity contribution in [3.05, 3.63) is 33.9 Å². The third-order valence-electron chi connectivity index (χ3n) is 4.00. The van der Waals surface area contributed by atoms with Crippen LogP contribution in [0, 0.1) is 0 Å². The molecule has 18 heavy (non-hydrogen) atoms. The average molecular weight is 244 g/mol. The number of aryl methyl sites for hydroxylation is 2. The van der Waals surface area contributed by atoms with Gasteiger partial charge in [-0.25, -0.2) is 0 Å². The molecule has 2 aliphatic rings. The number of Topliss-reactive ketones (excluding diaryl/α,β-unsaturated/α-hetero) is 1. The minimum atomic E-state index is 0.383. The van der Waals surface area contributed by atoms with E-state index in [0.29, 0.717) is 11.7 Å². The Hall–Kier alpha value is -1.11. The molecule has 1 heteroatoms. The molecule has 0 aliphatic heterocycles. The van der Waals surface area contributed by atoms with Crippen LogP contribution in [0.4, 0.5) is 0 Å². The van der Waals surface area contributed by atoms with E-state index >= 15 is 0 Å². The van der Waals surface area contributed by atoms with Gasteiger partial charge >= 0.3 is 0 Å². The third kappa shape index (κ3) is 2.00. The van der Waals surface area contributed by atoms with E-state index in [0.717, 1.165) is 18.4 Å². The molecule has 2 aliphatic carbocycles. The Bertz CT molecular complexity index is 469. The molecule has 0 atom stereocenters. The summed E-state index contributed by atoms with van der Waals surface area (Å²) in [6, 6.07) is 2.31. The van der Waals surface area contributed by atoms with Crippen LogP contribution in [-0.2, 0) is 19.3 Å². The quantitative estimate of drug-likeness (QED) is 0.713. The lowest BCUT2D eigenvalue weighted by Gasteiger charge is -2.17. The van der Waals surface area contributed by atoms with Crippen LogP contribution in [-0.4, -0.2) is 5.78 Å². The second-order valence-electron chi connectivity index (χ2n) is 5.39. The van der Waals surface area contributed by atoms with Gasteiger partial charge in [0.15, 0.2) is 5.78 Å². The molecule has 0 aromatic heterocycles. The number of ketones is 1. The number of carbonyl (C=O) groups is 1. The second kappa shape index (κ2) is 5.26. The number of hydrogen-bond donors (Lipinski definition) is 0. The van der Waals surface area contributed by atoms with E-state index in [2.05, 4.69) is 19.9 Å². The van der Waals surface area contributed by atoms with Crippen LogP contribution in [0.25, 0.3) is 0 Å². The molecule has 1 nitrogen and oxygen atoms in total. The van der Waals surface area contributed by atoms with Crippen molar-refractivity contribution in [1.82, 2.24) is 0 Å². The molecule has 3 rings (SSSR count). The zero-order valence-electron chi connectivity index (χ0n) is 12.1. The summed E-state index contributed by atoms with van der Waals surface area (Å²) in [6.07, 6.45) is 5.38. The normalized spacial score (nSPS) is 16.4. The van der Waals surface area contributed by atoms with Crippen molar-refractivity contribution < 1.29 is 4.79 Å². The molecule has 1 aromatic rings. The first-order chi connectivity index (χ1) is 8.68. The monoisotopic (exact) mass is 244 g/mol. The molecule has 0 radical (unpaired) electrons. The smallest absolute Gasteiger partial charge is 0.163 e. The third-order valence-corrected chi connectivity index (χ3v) is 4.00. The van der Waals surface area contributed by atoms with Gasteiger partial charge in [0, 0.05) is 12.0 Å². The van der Waals surface area contributed by atoms with Crippen molar-refractivity contribution in [2.45, 2.75) is 65.7 Å². The second-order valence-corrected chi connectivity index (χ2v) is 5.39. The summed E-state index contributed by atoms with van der Waals surface area (Å²) >= 11 is 0. The minimum absolute atomic E-state index is 0.383. The van der Waals surface area contributed by atoms with Gasteiger partial charge in [-0.1, -0.05) is 33.8 Å². The summed E-state index contributed by atoms with van der Waals surface area (Å²) < 4.78 is 0. The Morgan fingerprint density at radius 3 is 2.39 bits per heavy atom. The number of rotatable bonds is 1.